The smallest absolute Gasteiger partial charge is 0.343 e. The van der Waals surface area contributed by atoms with Crippen molar-refractivity contribution in [3.8, 4) is 22.8 Å². The molecular formula is C32H41NO3. The fourth-order valence-corrected chi connectivity index (χ4v) is 4.14. The lowest BCUT2D eigenvalue weighted by molar-refractivity contribution is 0.0734. The van der Waals surface area contributed by atoms with E-state index in [1.165, 1.54) is 63.4 Å². The highest BCUT2D eigenvalue weighted by Crippen LogP contribution is 2.23. The second-order valence-corrected chi connectivity index (χ2v) is 9.42. The van der Waals surface area contributed by atoms with E-state index in [2.05, 4.69) is 18.8 Å². The minimum atomic E-state index is -0.368. The van der Waals surface area contributed by atoms with Gasteiger partial charge in [-0.1, -0.05) is 77.3 Å². The van der Waals surface area contributed by atoms with E-state index < -0.39 is 0 Å². The van der Waals surface area contributed by atoms with Gasteiger partial charge < -0.3 is 9.47 Å². The van der Waals surface area contributed by atoms with Crippen molar-refractivity contribution in [3.63, 3.8) is 0 Å². The lowest BCUT2D eigenvalue weighted by Crippen LogP contribution is -2.08. The number of pyridine rings is 1. The highest BCUT2D eigenvalue weighted by atomic mass is 16.5. The van der Waals surface area contributed by atoms with Gasteiger partial charge in [0.05, 0.1) is 24.1 Å². The molecule has 1 heterocycles. The van der Waals surface area contributed by atoms with Crippen LogP contribution in [0.3, 0.4) is 0 Å². The number of carbonyl (C=O) groups is 1. The number of hydrogen-bond donors (Lipinski definition) is 0. The van der Waals surface area contributed by atoms with Crippen molar-refractivity contribution in [2.75, 3.05) is 6.61 Å². The third-order valence-electron chi connectivity index (χ3n) is 6.37. The molecular weight excluding hydrogens is 446 g/mol. The molecule has 36 heavy (non-hydrogen) atoms. The van der Waals surface area contributed by atoms with Crippen LogP contribution >= 0.6 is 0 Å². The molecule has 0 unspecified atom stereocenters. The van der Waals surface area contributed by atoms with Crippen LogP contribution in [0.15, 0.2) is 66.9 Å². The van der Waals surface area contributed by atoms with E-state index in [0.717, 1.165) is 36.5 Å². The van der Waals surface area contributed by atoms with Crippen molar-refractivity contribution in [3.05, 3.63) is 78.0 Å². The summed E-state index contributed by atoms with van der Waals surface area (Å²) in [5.41, 5.74) is 3.62. The van der Waals surface area contributed by atoms with E-state index in [1.807, 2.05) is 54.6 Å². The number of carbonyl (C=O) groups excluding carboxylic acids is 1. The highest BCUT2D eigenvalue weighted by Gasteiger charge is 2.10. The predicted octanol–water partition coefficient (Wildman–Crippen LogP) is 8.83. The molecule has 0 radical (unpaired) electrons. The average Bonchev–Trinajstić information content (AvgIpc) is 2.91. The third kappa shape index (κ3) is 9.49. The van der Waals surface area contributed by atoms with Gasteiger partial charge in [0.1, 0.15) is 11.5 Å². The molecule has 0 fully saturated rings. The van der Waals surface area contributed by atoms with E-state index in [9.17, 15) is 4.79 Å². The van der Waals surface area contributed by atoms with Crippen LogP contribution in [-0.4, -0.2) is 17.6 Å². The maximum atomic E-state index is 12.5. The van der Waals surface area contributed by atoms with Crippen molar-refractivity contribution in [2.45, 2.75) is 84.5 Å². The Hall–Kier alpha value is -3.14. The van der Waals surface area contributed by atoms with Crippen LogP contribution in [0, 0.1) is 0 Å². The monoisotopic (exact) mass is 487 g/mol. The second-order valence-electron chi connectivity index (χ2n) is 9.42. The van der Waals surface area contributed by atoms with Gasteiger partial charge in [-0.3, -0.25) is 4.98 Å². The van der Waals surface area contributed by atoms with Crippen molar-refractivity contribution >= 4 is 5.97 Å². The zero-order chi connectivity index (χ0) is 25.4. The van der Waals surface area contributed by atoms with Gasteiger partial charge in [0.2, 0.25) is 0 Å². The lowest BCUT2D eigenvalue weighted by atomic mass is 10.1. The van der Waals surface area contributed by atoms with E-state index in [-0.39, 0.29) is 5.97 Å². The molecule has 0 saturated carbocycles. The first-order valence-corrected chi connectivity index (χ1v) is 13.7. The topological polar surface area (TPSA) is 48.4 Å². The number of nitrogens with zero attached hydrogens (tertiary/aromatic N) is 1. The number of aromatic nitrogens is 1. The zero-order valence-electron chi connectivity index (χ0n) is 22.0. The Bertz CT molecular complexity index is 1010. The van der Waals surface area contributed by atoms with E-state index in [4.69, 9.17) is 9.47 Å². The summed E-state index contributed by atoms with van der Waals surface area (Å²) in [6.45, 7) is 5.20. The number of rotatable bonds is 16. The molecule has 0 atom stereocenters. The predicted molar refractivity (Wildman–Crippen MR) is 148 cm³/mol. The Labute approximate surface area is 217 Å². The average molecular weight is 488 g/mol. The quantitative estimate of drug-likeness (QED) is 0.150. The Morgan fingerprint density at radius 1 is 0.694 bits per heavy atom. The molecule has 0 N–H and O–H groups in total. The number of benzene rings is 2. The van der Waals surface area contributed by atoms with Crippen molar-refractivity contribution < 1.29 is 14.3 Å². The highest BCUT2D eigenvalue weighted by molar-refractivity contribution is 5.91. The zero-order valence-corrected chi connectivity index (χ0v) is 22.0. The number of aryl methyl sites for hydroxylation is 1. The van der Waals surface area contributed by atoms with Crippen LogP contribution < -0.4 is 9.47 Å². The summed E-state index contributed by atoms with van der Waals surface area (Å²) < 4.78 is 11.4. The standard InChI is InChI=1S/C32H41NO3/c1-3-5-7-8-9-10-12-24-35-29-20-18-27(19-21-29)31-23-22-30(25-33-31)36-32(34)28-16-14-26(15-17-28)13-11-6-4-2/h14-23,25H,3-13,24H2,1-2H3. The maximum Gasteiger partial charge on any atom is 0.343 e. The van der Waals surface area contributed by atoms with Gasteiger partial charge >= 0.3 is 5.97 Å². The molecule has 0 aliphatic heterocycles. The molecule has 4 heteroatoms. The molecule has 192 valence electrons. The van der Waals surface area contributed by atoms with Gasteiger partial charge in [0.25, 0.3) is 0 Å². The van der Waals surface area contributed by atoms with Crippen LogP contribution in [-0.2, 0) is 6.42 Å². The van der Waals surface area contributed by atoms with Crippen molar-refractivity contribution in [2.24, 2.45) is 0 Å². The first-order chi connectivity index (χ1) is 17.7. The molecule has 0 saturated heterocycles. The second kappa shape index (κ2) is 15.8. The first kappa shape index (κ1) is 27.4. The Kier molecular flexibility index (Phi) is 12.0. The van der Waals surface area contributed by atoms with Gasteiger partial charge in [0.15, 0.2) is 0 Å². The molecule has 1 aromatic heterocycles. The van der Waals surface area contributed by atoms with E-state index >= 15 is 0 Å². The molecule has 0 spiro atoms. The largest absolute Gasteiger partial charge is 0.494 e. The van der Waals surface area contributed by atoms with Crippen LogP contribution in [0.1, 0.15) is 94.0 Å². The van der Waals surface area contributed by atoms with Crippen molar-refractivity contribution in [1.29, 1.82) is 0 Å². The van der Waals surface area contributed by atoms with Gasteiger partial charge in [-0.2, -0.15) is 0 Å². The van der Waals surface area contributed by atoms with Gasteiger partial charge in [-0.25, -0.2) is 4.79 Å². The van der Waals surface area contributed by atoms with Gasteiger partial charge in [-0.15, -0.1) is 0 Å². The van der Waals surface area contributed by atoms with Gasteiger partial charge in [-0.05, 0) is 73.4 Å². The summed E-state index contributed by atoms with van der Waals surface area (Å²) in [5, 5.41) is 0. The summed E-state index contributed by atoms with van der Waals surface area (Å²) in [7, 11) is 0. The van der Waals surface area contributed by atoms with Crippen LogP contribution in [0.5, 0.6) is 11.5 Å². The molecule has 3 aromatic rings. The lowest BCUT2D eigenvalue weighted by Gasteiger charge is -2.08. The van der Waals surface area contributed by atoms with Crippen LogP contribution in [0.25, 0.3) is 11.3 Å². The SMILES string of the molecule is CCCCCCCCCOc1ccc(-c2ccc(OC(=O)c3ccc(CCCCC)cc3)cn2)cc1. The van der Waals surface area contributed by atoms with Crippen molar-refractivity contribution in [1.82, 2.24) is 4.98 Å². The molecule has 0 bridgehead atoms. The number of esters is 1. The summed E-state index contributed by atoms with van der Waals surface area (Å²) in [6.07, 6.45) is 15.2. The van der Waals surface area contributed by atoms with E-state index in [0.29, 0.717) is 11.3 Å². The first-order valence-electron chi connectivity index (χ1n) is 13.7. The number of ether oxygens (including phenoxy) is 2. The fraction of sp³-hybridized carbons (Fsp3) is 0.438. The molecule has 2 aromatic carbocycles. The van der Waals surface area contributed by atoms with Crippen LogP contribution in [0.4, 0.5) is 0 Å². The maximum absolute atomic E-state index is 12.5. The summed E-state index contributed by atoms with van der Waals surface area (Å²) in [6, 6.07) is 19.3. The number of unbranched alkanes of at least 4 members (excludes halogenated alkanes) is 8. The van der Waals surface area contributed by atoms with Crippen LogP contribution in [0.2, 0.25) is 0 Å². The summed E-state index contributed by atoms with van der Waals surface area (Å²) in [4.78, 5) is 17.0. The minimum absolute atomic E-state index is 0.368. The summed E-state index contributed by atoms with van der Waals surface area (Å²) in [5.74, 6) is 0.948. The molecule has 0 aliphatic rings. The molecule has 0 aliphatic carbocycles. The Balaban J connectivity index is 1.43. The molecule has 0 amide bonds. The number of hydrogen-bond acceptors (Lipinski definition) is 4. The normalized spacial score (nSPS) is 10.8. The summed E-state index contributed by atoms with van der Waals surface area (Å²) >= 11 is 0. The molecule has 3 rings (SSSR count). The van der Waals surface area contributed by atoms with Gasteiger partial charge in [0, 0.05) is 5.56 Å². The fourth-order valence-electron chi connectivity index (χ4n) is 4.14. The van der Waals surface area contributed by atoms with E-state index in [1.54, 1.807) is 12.3 Å². The third-order valence-corrected chi connectivity index (χ3v) is 6.37. The Morgan fingerprint density at radius 2 is 1.33 bits per heavy atom. The Morgan fingerprint density at radius 3 is 2.00 bits per heavy atom. The molecule has 4 nitrogen and oxygen atoms in total. The minimum Gasteiger partial charge on any atom is -0.494 e.